The fraction of sp³-hybridized carbons (Fsp3) is 0.444. The lowest BCUT2D eigenvalue weighted by molar-refractivity contribution is -0.123. The van der Waals surface area contributed by atoms with Crippen molar-refractivity contribution in [3.05, 3.63) is 48.7 Å². The van der Waals surface area contributed by atoms with Crippen LogP contribution in [-0.2, 0) is 25.0 Å². The Balaban J connectivity index is 1.59. The van der Waals surface area contributed by atoms with E-state index in [0.717, 1.165) is 6.26 Å². The van der Waals surface area contributed by atoms with E-state index in [-0.39, 0.29) is 37.7 Å². The fourth-order valence-corrected chi connectivity index (χ4v) is 4.83. The smallest absolute Gasteiger partial charge is 0.410 e. The molecule has 2 amide bonds. The van der Waals surface area contributed by atoms with Gasteiger partial charge in [0.25, 0.3) is 0 Å². The number of likely N-dealkylation sites (tertiary alicyclic amines) is 1. The highest BCUT2D eigenvalue weighted by atomic mass is 32.2. The van der Waals surface area contributed by atoms with Crippen molar-refractivity contribution < 1.29 is 27.5 Å². The van der Waals surface area contributed by atoms with E-state index >= 15 is 0 Å². The molecule has 0 bridgehead atoms. The second kappa shape index (κ2) is 12.2. The maximum atomic E-state index is 13.9. The highest BCUT2D eigenvalue weighted by Gasteiger charge is 2.46. The van der Waals surface area contributed by atoms with E-state index in [1.807, 2.05) is 6.92 Å². The van der Waals surface area contributed by atoms with Crippen molar-refractivity contribution >= 4 is 33.8 Å². The molecular weight excluding hydrogens is 564 g/mol. The molecule has 0 aliphatic carbocycles. The number of hydrogen-bond donors (Lipinski definition) is 2. The lowest BCUT2D eigenvalue weighted by Crippen LogP contribution is -2.52. The van der Waals surface area contributed by atoms with Crippen LogP contribution in [0.2, 0.25) is 0 Å². The largest absolute Gasteiger partial charge is 0.477 e. The molecule has 1 aliphatic rings. The first-order chi connectivity index (χ1) is 19.8. The average Bonchev–Trinajstić information content (AvgIpc) is 2.92. The number of anilines is 2. The standard InChI is InChI=1S/C27H34N8O6S/c1-6-40-22-17-28-16-19(31-22)18-7-8-21(30-15-18)33-23(36)27(20-9-12-29-24(32-20)34-42(5,38)39)10-13-35(14-11-27)25(37)41-26(2,3)4/h7-9,12,15-17H,6,10-11,13-14H2,1-5H3,(H,29,32,34)(H,30,33,36). The van der Waals surface area contributed by atoms with Crippen LogP contribution in [0.25, 0.3) is 11.3 Å². The number of ether oxygens (including phenoxy) is 2. The molecule has 0 saturated carbocycles. The summed E-state index contributed by atoms with van der Waals surface area (Å²) in [5.41, 5.74) is -0.341. The van der Waals surface area contributed by atoms with Crippen LogP contribution in [0, 0.1) is 0 Å². The SMILES string of the molecule is CCOc1cncc(-c2ccc(NC(=O)C3(c4ccnc(NS(C)(=O)=O)n4)CCN(C(=O)OC(C)(C)C)CC3)nc2)n1. The molecule has 224 valence electrons. The number of pyridine rings is 1. The Hall–Kier alpha value is -4.40. The maximum Gasteiger partial charge on any atom is 0.410 e. The molecule has 4 rings (SSSR count). The molecule has 14 nitrogen and oxygen atoms in total. The van der Waals surface area contributed by atoms with Crippen molar-refractivity contribution in [2.45, 2.75) is 51.6 Å². The summed E-state index contributed by atoms with van der Waals surface area (Å²) in [6, 6.07) is 4.96. The summed E-state index contributed by atoms with van der Waals surface area (Å²) < 4.78 is 36.8. The average molecular weight is 599 g/mol. The fourth-order valence-electron chi connectivity index (χ4n) is 4.40. The lowest BCUT2D eigenvalue weighted by atomic mass is 9.74. The summed E-state index contributed by atoms with van der Waals surface area (Å²) in [4.78, 5) is 49.5. The van der Waals surface area contributed by atoms with Gasteiger partial charge in [0.15, 0.2) is 0 Å². The lowest BCUT2D eigenvalue weighted by Gasteiger charge is -2.40. The number of carbonyl (C=O) groups excluding carboxylic acids is 2. The molecule has 0 radical (unpaired) electrons. The number of hydrogen-bond acceptors (Lipinski definition) is 11. The second-order valence-corrected chi connectivity index (χ2v) is 12.5. The first-order valence-corrected chi connectivity index (χ1v) is 15.2. The van der Waals surface area contributed by atoms with Crippen molar-refractivity contribution in [1.29, 1.82) is 0 Å². The van der Waals surface area contributed by atoms with Gasteiger partial charge < -0.3 is 19.7 Å². The van der Waals surface area contributed by atoms with Crippen LogP contribution in [0.15, 0.2) is 43.0 Å². The quantitative estimate of drug-likeness (QED) is 0.389. The van der Waals surface area contributed by atoms with E-state index < -0.39 is 33.0 Å². The summed E-state index contributed by atoms with van der Waals surface area (Å²) in [5, 5.41) is 2.87. The molecule has 1 aliphatic heterocycles. The summed E-state index contributed by atoms with van der Waals surface area (Å²) in [6.45, 7) is 8.08. The first kappa shape index (κ1) is 30.6. The number of amides is 2. The van der Waals surface area contributed by atoms with Gasteiger partial charge in [0.05, 0.1) is 42.1 Å². The zero-order valence-electron chi connectivity index (χ0n) is 24.1. The normalized spacial score (nSPS) is 15.0. The molecule has 0 unspecified atom stereocenters. The van der Waals surface area contributed by atoms with E-state index in [2.05, 4.69) is 35.0 Å². The Morgan fingerprint density at radius 1 is 1.05 bits per heavy atom. The molecule has 3 aromatic rings. The third-order valence-electron chi connectivity index (χ3n) is 6.33. The minimum absolute atomic E-state index is 0.158. The number of aromatic nitrogens is 5. The molecule has 3 aromatic heterocycles. The van der Waals surface area contributed by atoms with E-state index in [1.165, 1.54) is 17.3 Å². The monoisotopic (exact) mass is 598 g/mol. The van der Waals surface area contributed by atoms with Crippen LogP contribution >= 0.6 is 0 Å². The number of nitrogens with one attached hydrogen (secondary N) is 2. The Morgan fingerprint density at radius 2 is 1.79 bits per heavy atom. The first-order valence-electron chi connectivity index (χ1n) is 13.3. The van der Waals surface area contributed by atoms with Gasteiger partial charge in [-0.2, -0.15) is 0 Å². The van der Waals surface area contributed by atoms with Gasteiger partial charge in [0.2, 0.25) is 27.8 Å². The maximum absolute atomic E-state index is 13.9. The molecule has 42 heavy (non-hydrogen) atoms. The van der Waals surface area contributed by atoms with Gasteiger partial charge in [-0.1, -0.05) is 0 Å². The van der Waals surface area contributed by atoms with Crippen LogP contribution in [-0.4, -0.2) is 81.8 Å². The highest BCUT2D eigenvalue weighted by Crippen LogP contribution is 2.37. The second-order valence-electron chi connectivity index (χ2n) is 10.8. The van der Waals surface area contributed by atoms with Crippen molar-refractivity contribution in [3.63, 3.8) is 0 Å². The third-order valence-corrected chi connectivity index (χ3v) is 6.88. The van der Waals surface area contributed by atoms with E-state index in [0.29, 0.717) is 29.4 Å². The molecule has 2 N–H and O–H groups in total. The molecular formula is C27H34N8O6S. The third kappa shape index (κ3) is 7.66. The molecule has 0 aromatic carbocycles. The van der Waals surface area contributed by atoms with Gasteiger partial charge in [0, 0.05) is 31.0 Å². The van der Waals surface area contributed by atoms with Gasteiger partial charge in [-0.3, -0.25) is 14.5 Å². The van der Waals surface area contributed by atoms with Crippen LogP contribution in [0.3, 0.4) is 0 Å². The Bertz CT molecular complexity index is 1530. The van der Waals surface area contributed by atoms with Gasteiger partial charge in [-0.15, -0.1) is 0 Å². The Labute approximate surface area is 244 Å². The van der Waals surface area contributed by atoms with Crippen LogP contribution in [0.4, 0.5) is 16.6 Å². The van der Waals surface area contributed by atoms with Crippen molar-refractivity contribution in [2.75, 3.05) is 36.0 Å². The van der Waals surface area contributed by atoms with Crippen LogP contribution < -0.4 is 14.8 Å². The van der Waals surface area contributed by atoms with Gasteiger partial charge in [-0.05, 0) is 58.7 Å². The number of rotatable bonds is 8. The minimum Gasteiger partial charge on any atom is -0.477 e. The van der Waals surface area contributed by atoms with Crippen molar-refractivity contribution in [1.82, 2.24) is 29.8 Å². The summed E-state index contributed by atoms with van der Waals surface area (Å²) >= 11 is 0. The number of sulfonamides is 1. The molecule has 15 heteroatoms. The predicted molar refractivity (Wildman–Crippen MR) is 154 cm³/mol. The molecule has 0 spiro atoms. The summed E-state index contributed by atoms with van der Waals surface area (Å²) in [7, 11) is -3.66. The minimum atomic E-state index is -3.66. The zero-order chi connectivity index (χ0) is 30.5. The van der Waals surface area contributed by atoms with Crippen molar-refractivity contribution in [3.8, 4) is 17.1 Å². The van der Waals surface area contributed by atoms with Crippen molar-refractivity contribution in [2.24, 2.45) is 0 Å². The van der Waals surface area contributed by atoms with E-state index in [4.69, 9.17) is 9.47 Å². The molecule has 1 fully saturated rings. The van der Waals surface area contributed by atoms with Crippen LogP contribution in [0.1, 0.15) is 46.2 Å². The van der Waals surface area contributed by atoms with Gasteiger partial charge >= 0.3 is 6.09 Å². The highest BCUT2D eigenvalue weighted by molar-refractivity contribution is 7.91. The van der Waals surface area contributed by atoms with Gasteiger partial charge in [0.1, 0.15) is 11.4 Å². The molecule has 4 heterocycles. The Kier molecular flexibility index (Phi) is 8.89. The van der Waals surface area contributed by atoms with Gasteiger partial charge in [-0.25, -0.2) is 33.1 Å². The number of piperidine rings is 1. The van der Waals surface area contributed by atoms with Crippen LogP contribution in [0.5, 0.6) is 5.88 Å². The predicted octanol–water partition coefficient (Wildman–Crippen LogP) is 3.01. The summed E-state index contributed by atoms with van der Waals surface area (Å²) in [6.07, 6.45) is 6.96. The van der Waals surface area contributed by atoms with E-state index in [9.17, 15) is 18.0 Å². The molecule has 1 saturated heterocycles. The van der Waals surface area contributed by atoms with E-state index in [1.54, 1.807) is 51.4 Å². The Morgan fingerprint density at radius 3 is 2.40 bits per heavy atom. The summed E-state index contributed by atoms with van der Waals surface area (Å²) in [5.74, 6) is 0.111. The molecule has 0 atom stereocenters. The zero-order valence-corrected chi connectivity index (χ0v) is 24.9. The number of carbonyl (C=O) groups is 2. The topological polar surface area (TPSA) is 178 Å². The number of nitrogens with zero attached hydrogens (tertiary/aromatic N) is 6.